The third-order valence-electron chi connectivity index (χ3n) is 2.32. The highest BCUT2D eigenvalue weighted by Gasteiger charge is 2.07. The fourth-order valence-electron chi connectivity index (χ4n) is 1.50. The summed E-state index contributed by atoms with van der Waals surface area (Å²) in [6.45, 7) is 6.09. The normalized spacial score (nSPS) is 10.6. The highest BCUT2D eigenvalue weighted by Crippen LogP contribution is 2.18. The number of anilines is 2. The zero-order chi connectivity index (χ0) is 13.5. The number of amides is 1. The number of rotatable bonds is 7. The Kier molecular flexibility index (Phi) is 5.45. The minimum atomic E-state index is -0.472. The second-order valence-electron chi connectivity index (χ2n) is 4.56. The van der Waals surface area contributed by atoms with Crippen molar-refractivity contribution in [1.29, 1.82) is 0 Å². The van der Waals surface area contributed by atoms with Gasteiger partial charge in [0.25, 0.3) is 5.91 Å². The van der Waals surface area contributed by atoms with Crippen LogP contribution in [0.3, 0.4) is 0 Å². The molecule has 0 aliphatic rings. The Morgan fingerprint density at radius 3 is 2.78 bits per heavy atom. The molecule has 18 heavy (non-hydrogen) atoms. The number of nitrogens with one attached hydrogen (secondary N) is 1. The Bertz CT molecular complexity index is 405. The summed E-state index contributed by atoms with van der Waals surface area (Å²) >= 11 is 0. The van der Waals surface area contributed by atoms with E-state index in [1.165, 1.54) is 0 Å². The number of carbonyl (C=O) groups excluding carboxylic acids is 1. The molecule has 5 nitrogen and oxygen atoms in total. The quantitative estimate of drug-likeness (QED) is 0.505. The van der Waals surface area contributed by atoms with Crippen molar-refractivity contribution in [3.63, 3.8) is 0 Å². The maximum Gasteiger partial charge on any atom is 0.250 e. The predicted octanol–water partition coefficient (Wildman–Crippen LogP) is 1.45. The molecule has 5 N–H and O–H groups in total. The molecule has 0 bridgehead atoms. The van der Waals surface area contributed by atoms with E-state index in [4.69, 9.17) is 16.2 Å². The second-order valence-corrected chi connectivity index (χ2v) is 4.56. The van der Waals surface area contributed by atoms with E-state index in [1.807, 2.05) is 0 Å². The minimum Gasteiger partial charge on any atom is -0.399 e. The summed E-state index contributed by atoms with van der Waals surface area (Å²) < 4.78 is 5.44. The molecular weight excluding hydrogens is 230 g/mol. The van der Waals surface area contributed by atoms with Crippen molar-refractivity contribution < 1.29 is 9.53 Å². The number of nitrogens with two attached hydrogens (primary N) is 2. The molecule has 0 radical (unpaired) electrons. The number of carbonyl (C=O) groups is 1. The number of nitrogen functional groups attached to an aromatic ring is 1. The molecule has 0 saturated carbocycles. The molecule has 0 aliphatic heterocycles. The molecule has 0 aliphatic carbocycles. The molecule has 0 heterocycles. The largest absolute Gasteiger partial charge is 0.399 e. The molecule has 0 unspecified atom stereocenters. The van der Waals surface area contributed by atoms with E-state index in [2.05, 4.69) is 19.2 Å². The number of ether oxygens (including phenoxy) is 1. The van der Waals surface area contributed by atoms with E-state index in [0.717, 1.165) is 6.61 Å². The minimum absolute atomic E-state index is 0.438. The topological polar surface area (TPSA) is 90.4 Å². The highest BCUT2D eigenvalue weighted by atomic mass is 16.5. The van der Waals surface area contributed by atoms with Gasteiger partial charge in [-0.05, 0) is 24.1 Å². The Labute approximate surface area is 107 Å². The fraction of sp³-hybridized carbons (Fsp3) is 0.462. The molecule has 100 valence electrons. The Balaban J connectivity index is 2.50. The van der Waals surface area contributed by atoms with Crippen LogP contribution in [0.25, 0.3) is 0 Å². The SMILES string of the molecule is CC(C)COCCNc1cc(N)ccc1C(N)=O. The summed E-state index contributed by atoms with van der Waals surface area (Å²) in [4.78, 5) is 11.2. The summed E-state index contributed by atoms with van der Waals surface area (Å²) in [7, 11) is 0. The van der Waals surface area contributed by atoms with Crippen LogP contribution in [0.2, 0.25) is 0 Å². The van der Waals surface area contributed by atoms with E-state index >= 15 is 0 Å². The Morgan fingerprint density at radius 2 is 2.17 bits per heavy atom. The third kappa shape index (κ3) is 4.63. The first-order valence-electron chi connectivity index (χ1n) is 6.01. The summed E-state index contributed by atoms with van der Waals surface area (Å²) in [6.07, 6.45) is 0. The van der Waals surface area contributed by atoms with Crippen LogP contribution in [-0.4, -0.2) is 25.7 Å². The van der Waals surface area contributed by atoms with Crippen molar-refractivity contribution in [1.82, 2.24) is 0 Å². The Morgan fingerprint density at radius 1 is 1.44 bits per heavy atom. The van der Waals surface area contributed by atoms with Gasteiger partial charge in [0.2, 0.25) is 0 Å². The van der Waals surface area contributed by atoms with Gasteiger partial charge in [0.05, 0.1) is 12.2 Å². The van der Waals surface area contributed by atoms with Gasteiger partial charge in [0, 0.05) is 24.5 Å². The molecule has 1 aromatic rings. The Hall–Kier alpha value is -1.75. The van der Waals surface area contributed by atoms with Gasteiger partial charge < -0.3 is 21.5 Å². The molecule has 0 fully saturated rings. The maximum atomic E-state index is 11.2. The highest BCUT2D eigenvalue weighted by molar-refractivity contribution is 5.99. The van der Waals surface area contributed by atoms with Crippen LogP contribution in [-0.2, 0) is 4.74 Å². The molecule has 0 atom stereocenters. The molecule has 0 spiro atoms. The average molecular weight is 251 g/mol. The van der Waals surface area contributed by atoms with Gasteiger partial charge in [-0.25, -0.2) is 0 Å². The smallest absolute Gasteiger partial charge is 0.250 e. The second kappa shape index (κ2) is 6.86. The van der Waals surface area contributed by atoms with Crippen molar-refractivity contribution in [2.24, 2.45) is 11.7 Å². The van der Waals surface area contributed by atoms with Gasteiger partial charge in [-0.1, -0.05) is 13.8 Å². The van der Waals surface area contributed by atoms with Crippen LogP contribution >= 0.6 is 0 Å². The van der Waals surface area contributed by atoms with E-state index < -0.39 is 5.91 Å². The fourth-order valence-corrected chi connectivity index (χ4v) is 1.50. The van der Waals surface area contributed by atoms with Gasteiger partial charge in [-0.3, -0.25) is 4.79 Å². The predicted molar refractivity (Wildman–Crippen MR) is 73.5 cm³/mol. The zero-order valence-electron chi connectivity index (χ0n) is 10.9. The number of hydrogen-bond donors (Lipinski definition) is 3. The van der Waals surface area contributed by atoms with Crippen molar-refractivity contribution in [2.75, 3.05) is 30.8 Å². The zero-order valence-corrected chi connectivity index (χ0v) is 10.9. The monoisotopic (exact) mass is 251 g/mol. The van der Waals surface area contributed by atoms with Gasteiger partial charge in [-0.2, -0.15) is 0 Å². The summed E-state index contributed by atoms with van der Waals surface area (Å²) in [5.41, 5.74) is 12.6. The van der Waals surface area contributed by atoms with E-state index in [9.17, 15) is 4.79 Å². The molecule has 0 saturated heterocycles. The molecule has 1 rings (SSSR count). The van der Waals surface area contributed by atoms with Gasteiger partial charge >= 0.3 is 0 Å². The summed E-state index contributed by atoms with van der Waals surface area (Å²) in [6, 6.07) is 4.97. The summed E-state index contributed by atoms with van der Waals surface area (Å²) in [5.74, 6) is 0.0409. The van der Waals surface area contributed by atoms with Gasteiger partial charge in [0.15, 0.2) is 0 Å². The van der Waals surface area contributed by atoms with E-state index in [1.54, 1.807) is 18.2 Å². The van der Waals surface area contributed by atoms with Crippen LogP contribution in [0.15, 0.2) is 18.2 Å². The lowest BCUT2D eigenvalue weighted by Crippen LogP contribution is -2.17. The molecule has 1 amide bonds. The van der Waals surface area contributed by atoms with E-state index in [-0.39, 0.29) is 0 Å². The van der Waals surface area contributed by atoms with Crippen LogP contribution in [0.5, 0.6) is 0 Å². The lowest BCUT2D eigenvalue weighted by Gasteiger charge is -2.12. The lowest BCUT2D eigenvalue weighted by atomic mass is 10.1. The van der Waals surface area contributed by atoms with Crippen LogP contribution in [0.4, 0.5) is 11.4 Å². The van der Waals surface area contributed by atoms with Crippen molar-refractivity contribution in [3.8, 4) is 0 Å². The lowest BCUT2D eigenvalue weighted by molar-refractivity contribution is 0.100. The molecular formula is C13H21N3O2. The maximum absolute atomic E-state index is 11.2. The van der Waals surface area contributed by atoms with Crippen molar-refractivity contribution in [3.05, 3.63) is 23.8 Å². The van der Waals surface area contributed by atoms with Crippen molar-refractivity contribution in [2.45, 2.75) is 13.8 Å². The van der Waals surface area contributed by atoms with Crippen LogP contribution < -0.4 is 16.8 Å². The number of primary amides is 1. The number of hydrogen-bond acceptors (Lipinski definition) is 4. The average Bonchev–Trinajstić information content (AvgIpc) is 2.27. The first-order chi connectivity index (χ1) is 8.50. The number of benzene rings is 1. The van der Waals surface area contributed by atoms with Crippen LogP contribution in [0.1, 0.15) is 24.2 Å². The third-order valence-corrected chi connectivity index (χ3v) is 2.32. The van der Waals surface area contributed by atoms with Gasteiger partial charge in [-0.15, -0.1) is 0 Å². The van der Waals surface area contributed by atoms with Gasteiger partial charge in [0.1, 0.15) is 0 Å². The summed E-state index contributed by atoms with van der Waals surface area (Å²) in [5, 5.41) is 3.10. The molecule has 5 heteroatoms. The van der Waals surface area contributed by atoms with E-state index in [0.29, 0.717) is 36.0 Å². The first-order valence-corrected chi connectivity index (χ1v) is 6.01. The van der Waals surface area contributed by atoms with Crippen LogP contribution in [0, 0.1) is 5.92 Å². The standard InChI is InChI=1S/C13H21N3O2/c1-9(2)8-18-6-5-16-12-7-10(14)3-4-11(12)13(15)17/h3-4,7,9,16H,5-6,8,14H2,1-2H3,(H2,15,17). The van der Waals surface area contributed by atoms with Crippen molar-refractivity contribution >= 4 is 17.3 Å². The molecule has 1 aromatic carbocycles. The molecule has 0 aromatic heterocycles. The first kappa shape index (κ1) is 14.3.